The third-order valence-electron chi connectivity index (χ3n) is 1.96. The zero-order valence-electron chi connectivity index (χ0n) is 9.23. The first-order valence-electron chi connectivity index (χ1n) is 4.76. The maximum absolute atomic E-state index is 11.5. The Morgan fingerprint density at radius 3 is 2.53 bits per heavy atom. The van der Waals surface area contributed by atoms with Crippen LogP contribution < -0.4 is 11.5 Å². The third kappa shape index (κ3) is 6.03. The largest absolute Gasteiger partial charge is 0.385 e. The molecule has 0 aromatic rings. The lowest BCUT2D eigenvalue weighted by Gasteiger charge is -2.20. The summed E-state index contributed by atoms with van der Waals surface area (Å²) in [4.78, 5) is 23.6. The van der Waals surface area contributed by atoms with E-state index in [1.807, 2.05) is 0 Å². The Morgan fingerprint density at radius 1 is 1.47 bits per heavy atom. The molecular weight excluding hydrogens is 198 g/mol. The van der Waals surface area contributed by atoms with Gasteiger partial charge < -0.3 is 21.1 Å². The number of carbonyl (C=O) groups excluding carboxylic acids is 2. The second kappa shape index (κ2) is 7.19. The molecule has 0 spiro atoms. The average molecular weight is 217 g/mol. The van der Waals surface area contributed by atoms with E-state index in [4.69, 9.17) is 16.2 Å². The highest BCUT2D eigenvalue weighted by Crippen LogP contribution is 1.96. The van der Waals surface area contributed by atoms with Crippen LogP contribution >= 0.6 is 0 Å². The molecule has 1 unspecified atom stereocenters. The lowest BCUT2D eigenvalue weighted by atomic mass is 10.2. The van der Waals surface area contributed by atoms with E-state index in [2.05, 4.69) is 0 Å². The maximum atomic E-state index is 11.5. The molecule has 6 heteroatoms. The minimum absolute atomic E-state index is 0.118. The Morgan fingerprint density at radius 2 is 2.07 bits per heavy atom. The summed E-state index contributed by atoms with van der Waals surface area (Å²) in [5, 5.41) is 0. The van der Waals surface area contributed by atoms with Gasteiger partial charge in [0.2, 0.25) is 11.8 Å². The molecule has 0 aliphatic carbocycles. The monoisotopic (exact) mass is 217 g/mol. The molecular formula is C9H19N3O3. The number of likely N-dealkylation sites (N-methyl/N-ethyl adjacent to an activating group) is 1. The Balaban J connectivity index is 3.90. The minimum Gasteiger partial charge on any atom is -0.385 e. The summed E-state index contributed by atoms with van der Waals surface area (Å²) in [6.07, 6.45) is 0.621. The first kappa shape index (κ1) is 13.9. The van der Waals surface area contributed by atoms with E-state index in [1.54, 1.807) is 14.2 Å². The highest BCUT2D eigenvalue weighted by Gasteiger charge is 2.19. The Labute approximate surface area is 89.5 Å². The van der Waals surface area contributed by atoms with Crippen LogP contribution in [0.1, 0.15) is 12.8 Å². The maximum Gasteiger partial charge on any atom is 0.239 e. The normalized spacial score (nSPS) is 12.2. The molecule has 0 heterocycles. The van der Waals surface area contributed by atoms with Gasteiger partial charge in [-0.25, -0.2) is 0 Å². The molecule has 0 rings (SSSR count). The van der Waals surface area contributed by atoms with Crippen LogP contribution in [-0.2, 0) is 14.3 Å². The Bertz CT molecular complexity index is 221. The molecule has 6 nitrogen and oxygen atoms in total. The fourth-order valence-electron chi connectivity index (χ4n) is 1.14. The van der Waals surface area contributed by atoms with Crippen molar-refractivity contribution in [2.24, 2.45) is 11.5 Å². The minimum atomic E-state index is -0.838. The van der Waals surface area contributed by atoms with Crippen LogP contribution in [0.4, 0.5) is 0 Å². The van der Waals surface area contributed by atoms with E-state index in [1.165, 1.54) is 4.90 Å². The highest BCUT2D eigenvalue weighted by atomic mass is 16.5. The first-order chi connectivity index (χ1) is 6.99. The second-order valence-electron chi connectivity index (χ2n) is 3.38. The quantitative estimate of drug-likeness (QED) is 0.517. The third-order valence-corrected chi connectivity index (χ3v) is 1.96. The number of amides is 2. The number of ether oxygens (including phenoxy) is 1. The molecule has 0 aromatic carbocycles. The molecule has 0 saturated carbocycles. The van der Waals surface area contributed by atoms with Crippen molar-refractivity contribution in [3.05, 3.63) is 0 Å². The number of nitrogens with two attached hydrogens (primary N) is 2. The van der Waals surface area contributed by atoms with Gasteiger partial charge in [-0.1, -0.05) is 0 Å². The molecule has 15 heavy (non-hydrogen) atoms. The van der Waals surface area contributed by atoms with Gasteiger partial charge in [0, 0.05) is 27.3 Å². The number of hydrogen-bond donors (Lipinski definition) is 2. The molecule has 1 atom stereocenters. The number of carbonyl (C=O) groups is 2. The number of hydrogen-bond acceptors (Lipinski definition) is 4. The molecule has 0 fully saturated rings. The van der Waals surface area contributed by atoms with Crippen LogP contribution in [0.15, 0.2) is 0 Å². The summed E-state index contributed by atoms with van der Waals surface area (Å²) in [6.45, 7) is 1.14. The number of methoxy groups -OCH3 is 1. The van der Waals surface area contributed by atoms with Gasteiger partial charge in [0.15, 0.2) is 0 Å². The zero-order valence-corrected chi connectivity index (χ0v) is 9.23. The van der Waals surface area contributed by atoms with Crippen LogP contribution in [0.5, 0.6) is 0 Å². The van der Waals surface area contributed by atoms with Gasteiger partial charge in [-0.05, 0) is 6.42 Å². The standard InChI is InChI=1S/C9H19N3O3/c1-12(4-3-5-15-2)9(14)7(10)6-8(11)13/h7H,3-6,10H2,1-2H3,(H2,11,13). The van der Waals surface area contributed by atoms with Crippen molar-refractivity contribution in [2.45, 2.75) is 18.9 Å². The smallest absolute Gasteiger partial charge is 0.239 e. The van der Waals surface area contributed by atoms with Gasteiger partial charge >= 0.3 is 0 Å². The fraction of sp³-hybridized carbons (Fsp3) is 0.778. The number of rotatable bonds is 7. The highest BCUT2D eigenvalue weighted by molar-refractivity contribution is 5.87. The van der Waals surface area contributed by atoms with Gasteiger partial charge in [-0.15, -0.1) is 0 Å². The average Bonchev–Trinajstić information content (AvgIpc) is 2.15. The topological polar surface area (TPSA) is 98.7 Å². The number of nitrogens with zero attached hydrogens (tertiary/aromatic N) is 1. The van der Waals surface area contributed by atoms with Gasteiger partial charge in [-0.2, -0.15) is 0 Å². The van der Waals surface area contributed by atoms with E-state index < -0.39 is 11.9 Å². The molecule has 0 bridgehead atoms. The predicted molar refractivity (Wildman–Crippen MR) is 55.9 cm³/mol. The summed E-state index contributed by atoms with van der Waals surface area (Å²) >= 11 is 0. The van der Waals surface area contributed by atoms with E-state index in [0.717, 1.165) is 6.42 Å². The van der Waals surface area contributed by atoms with E-state index in [0.29, 0.717) is 13.2 Å². The summed E-state index contributed by atoms with van der Waals surface area (Å²) in [5.74, 6) is -0.842. The van der Waals surface area contributed by atoms with Gasteiger partial charge in [0.25, 0.3) is 0 Å². The summed E-state index contributed by atoms with van der Waals surface area (Å²) in [7, 11) is 3.24. The van der Waals surface area contributed by atoms with E-state index in [9.17, 15) is 9.59 Å². The predicted octanol–water partition coefficient (Wildman–Crippen LogP) is -1.32. The van der Waals surface area contributed by atoms with Crippen LogP contribution in [-0.4, -0.2) is 50.1 Å². The second-order valence-corrected chi connectivity index (χ2v) is 3.38. The first-order valence-corrected chi connectivity index (χ1v) is 4.76. The van der Waals surface area contributed by atoms with Crippen molar-refractivity contribution in [2.75, 3.05) is 27.3 Å². The van der Waals surface area contributed by atoms with Crippen LogP contribution in [0.3, 0.4) is 0 Å². The van der Waals surface area contributed by atoms with Gasteiger partial charge in [0.1, 0.15) is 0 Å². The molecule has 88 valence electrons. The molecule has 0 aliphatic heterocycles. The fourth-order valence-corrected chi connectivity index (χ4v) is 1.14. The lowest BCUT2D eigenvalue weighted by Crippen LogP contribution is -2.44. The summed E-state index contributed by atoms with van der Waals surface area (Å²) in [6, 6.07) is -0.838. The summed E-state index contributed by atoms with van der Waals surface area (Å²) in [5.41, 5.74) is 10.4. The van der Waals surface area contributed by atoms with Crippen LogP contribution in [0.2, 0.25) is 0 Å². The molecule has 2 amide bonds. The van der Waals surface area contributed by atoms with Crippen molar-refractivity contribution in [3.63, 3.8) is 0 Å². The molecule has 0 radical (unpaired) electrons. The van der Waals surface area contributed by atoms with Crippen molar-refractivity contribution in [1.29, 1.82) is 0 Å². The molecule has 0 aromatic heterocycles. The van der Waals surface area contributed by atoms with E-state index in [-0.39, 0.29) is 12.3 Å². The van der Waals surface area contributed by atoms with Crippen LogP contribution in [0, 0.1) is 0 Å². The van der Waals surface area contributed by atoms with Crippen LogP contribution in [0.25, 0.3) is 0 Å². The SMILES string of the molecule is COCCCN(C)C(=O)C(N)CC(N)=O. The zero-order chi connectivity index (χ0) is 11.8. The molecule has 0 saturated heterocycles. The van der Waals surface area contributed by atoms with Crippen molar-refractivity contribution < 1.29 is 14.3 Å². The molecule has 4 N–H and O–H groups in total. The Kier molecular flexibility index (Phi) is 6.64. The lowest BCUT2D eigenvalue weighted by molar-refractivity contribution is -0.133. The van der Waals surface area contributed by atoms with Gasteiger partial charge in [0.05, 0.1) is 12.5 Å². The van der Waals surface area contributed by atoms with E-state index >= 15 is 0 Å². The van der Waals surface area contributed by atoms with Gasteiger partial charge in [-0.3, -0.25) is 9.59 Å². The van der Waals surface area contributed by atoms with Crippen molar-refractivity contribution in [3.8, 4) is 0 Å². The number of primary amides is 1. The Hall–Kier alpha value is -1.14. The van der Waals surface area contributed by atoms with Crippen molar-refractivity contribution in [1.82, 2.24) is 4.90 Å². The summed E-state index contributed by atoms with van der Waals surface area (Å²) < 4.78 is 4.85. The molecule has 0 aliphatic rings. The van der Waals surface area contributed by atoms with Crippen molar-refractivity contribution >= 4 is 11.8 Å².